The van der Waals surface area contributed by atoms with Gasteiger partial charge in [-0.05, 0) is 52.2 Å². The van der Waals surface area contributed by atoms with Crippen LogP contribution >= 0.6 is 0 Å². The lowest BCUT2D eigenvalue weighted by Crippen LogP contribution is -2.45. The fourth-order valence-corrected chi connectivity index (χ4v) is 4.41. The zero-order valence-electron chi connectivity index (χ0n) is 18.3. The molecule has 0 spiro atoms. The molecule has 1 rings (SSSR count). The van der Waals surface area contributed by atoms with Gasteiger partial charge in [0.25, 0.3) is 10.1 Å². The van der Waals surface area contributed by atoms with Crippen molar-refractivity contribution in [3.63, 3.8) is 0 Å². The molecule has 2 unspecified atom stereocenters. The number of hydrogen-bond acceptors (Lipinski definition) is 6. The maximum absolute atomic E-state index is 12.6. The lowest BCUT2D eigenvalue weighted by molar-refractivity contribution is 0.0176. The predicted molar refractivity (Wildman–Crippen MR) is 109 cm³/mol. The van der Waals surface area contributed by atoms with E-state index in [0.29, 0.717) is 13.0 Å². The number of hydrogen-bond donors (Lipinski definition) is 0. The van der Waals surface area contributed by atoms with E-state index in [9.17, 15) is 13.2 Å². The van der Waals surface area contributed by atoms with E-state index in [-0.39, 0.29) is 23.5 Å². The number of amides is 1. The van der Waals surface area contributed by atoms with Crippen molar-refractivity contribution in [3.05, 3.63) is 0 Å². The van der Waals surface area contributed by atoms with Gasteiger partial charge in [0.1, 0.15) is 5.60 Å². The summed E-state index contributed by atoms with van der Waals surface area (Å²) in [4.78, 5) is 14.2. The summed E-state index contributed by atoms with van der Waals surface area (Å²) in [7, 11) is -5.59. The van der Waals surface area contributed by atoms with Crippen molar-refractivity contribution < 1.29 is 26.6 Å². The Bertz CT molecular complexity index is 621. The fraction of sp³-hybridized carbons (Fsp3) is 0.944. The van der Waals surface area contributed by atoms with Gasteiger partial charge < -0.3 is 14.1 Å². The second kappa shape index (κ2) is 8.38. The first-order valence-electron chi connectivity index (χ1n) is 9.52. The van der Waals surface area contributed by atoms with Gasteiger partial charge in [0.05, 0.1) is 24.5 Å². The van der Waals surface area contributed by atoms with Gasteiger partial charge >= 0.3 is 6.09 Å². The van der Waals surface area contributed by atoms with E-state index in [4.69, 9.17) is 13.3 Å². The number of nitrogens with zero attached hydrogens (tertiary/aromatic N) is 1. The average Bonchev–Trinajstić information content (AvgIpc) is 2.84. The normalized spacial score (nSPS) is 22.2. The zero-order chi connectivity index (χ0) is 21.3. The maximum atomic E-state index is 12.6. The summed E-state index contributed by atoms with van der Waals surface area (Å²) in [5, 5.41) is 0.0455. The first-order valence-corrected chi connectivity index (χ1v) is 14.0. The van der Waals surface area contributed by atoms with Crippen LogP contribution < -0.4 is 0 Å². The molecule has 1 fully saturated rings. The van der Waals surface area contributed by atoms with Crippen LogP contribution in [0.5, 0.6) is 0 Å². The topological polar surface area (TPSA) is 82.1 Å². The summed E-state index contributed by atoms with van der Waals surface area (Å²) >= 11 is 0. The number of rotatable bonds is 6. The molecular weight excluding hydrogens is 386 g/mol. The summed E-state index contributed by atoms with van der Waals surface area (Å²) in [5.41, 5.74) is -0.629. The highest BCUT2D eigenvalue weighted by molar-refractivity contribution is 7.86. The Kier molecular flexibility index (Phi) is 7.58. The van der Waals surface area contributed by atoms with Gasteiger partial charge in [-0.1, -0.05) is 20.8 Å². The molecule has 0 bridgehead atoms. The highest BCUT2D eigenvalue weighted by atomic mass is 32.2. The van der Waals surface area contributed by atoms with Crippen LogP contribution in [0.25, 0.3) is 0 Å². The van der Waals surface area contributed by atoms with Crippen molar-refractivity contribution in [2.45, 2.75) is 90.8 Å². The smallest absolute Gasteiger partial charge is 0.410 e. The molecule has 1 amide bonds. The molecule has 1 heterocycles. The molecule has 1 saturated heterocycles. The maximum Gasteiger partial charge on any atom is 0.410 e. The summed E-state index contributed by atoms with van der Waals surface area (Å²) in [5.74, 6) is -0.101. The lowest BCUT2D eigenvalue weighted by Gasteiger charge is -2.38. The van der Waals surface area contributed by atoms with E-state index in [1.165, 1.54) is 6.92 Å². The van der Waals surface area contributed by atoms with Gasteiger partial charge in [-0.3, -0.25) is 4.18 Å². The Labute approximate surface area is 166 Å². The summed E-state index contributed by atoms with van der Waals surface area (Å²) in [6.45, 7) is 18.0. The summed E-state index contributed by atoms with van der Waals surface area (Å²) in [6, 6.07) is -0.393. The third-order valence-electron chi connectivity index (χ3n) is 5.07. The van der Waals surface area contributed by atoms with Crippen LogP contribution in [0.3, 0.4) is 0 Å². The van der Waals surface area contributed by atoms with Gasteiger partial charge in [0.15, 0.2) is 8.32 Å². The minimum atomic E-state index is -3.58. The molecule has 1 aliphatic rings. The van der Waals surface area contributed by atoms with Crippen LogP contribution in [0.2, 0.25) is 18.1 Å². The molecule has 0 N–H and O–H groups in total. The Morgan fingerprint density at radius 2 is 1.70 bits per heavy atom. The van der Waals surface area contributed by atoms with Crippen LogP contribution in [0, 0.1) is 0 Å². The number of carbonyl (C=O) groups excluding carboxylic acids is 1. The lowest BCUT2D eigenvalue weighted by atomic mass is 10.2. The van der Waals surface area contributed by atoms with Crippen molar-refractivity contribution in [1.29, 1.82) is 0 Å². The first kappa shape index (κ1) is 24.4. The molecular formula is C18H37NO6SSi. The second-order valence-corrected chi connectivity index (χ2v) is 16.3. The average molecular weight is 424 g/mol. The molecule has 0 radical (unpaired) electrons. The molecule has 0 aromatic heterocycles. The van der Waals surface area contributed by atoms with E-state index >= 15 is 0 Å². The predicted octanol–water partition coefficient (Wildman–Crippen LogP) is 3.75. The van der Waals surface area contributed by atoms with Crippen LogP contribution in [0.1, 0.15) is 54.9 Å². The zero-order valence-corrected chi connectivity index (χ0v) is 20.1. The minimum Gasteiger partial charge on any atom is -0.444 e. The van der Waals surface area contributed by atoms with E-state index in [0.717, 1.165) is 0 Å². The third-order valence-corrected chi connectivity index (χ3v) is 10.8. The highest BCUT2D eigenvalue weighted by Crippen LogP contribution is 2.39. The molecule has 7 nitrogen and oxygen atoms in total. The molecule has 9 heteroatoms. The molecule has 2 atom stereocenters. The summed E-state index contributed by atoms with van der Waals surface area (Å²) < 4.78 is 40.5. The molecule has 27 heavy (non-hydrogen) atoms. The van der Waals surface area contributed by atoms with E-state index in [1.807, 2.05) is 0 Å². The van der Waals surface area contributed by atoms with Crippen LogP contribution in [0.4, 0.5) is 4.79 Å². The van der Waals surface area contributed by atoms with E-state index < -0.39 is 36.2 Å². The van der Waals surface area contributed by atoms with Crippen molar-refractivity contribution >= 4 is 24.5 Å². The quantitative estimate of drug-likeness (QED) is 0.478. The number of carbonyl (C=O) groups is 1. The standard InChI is InChI=1S/C18H37NO6SSi/c1-10-26(21,22)23-13-14-11-15(25-27(8,9)18(5,6)7)12-19(14)16(20)24-17(2,3)4/h14-15H,10-13H2,1-9H3. The Balaban J connectivity index is 2.94. The fourth-order valence-electron chi connectivity index (χ4n) is 2.52. The van der Waals surface area contributed by atoms with Crippen molar-refractivity contribution in [3.8, 4) is 0 Å². The van der Waals surface area contributed by atoms with Crippen LogP contribution in [-0.2, 0) is 23.5 Å². The molecule has 160 valence electrons. The number of likely N-dealkylation sites (tertiary alicyclic amines) is 1. The van der Waals surface area contributed by atoms with E-state index in [2.05, 4.69) is 33.9 Å². The van der Waals surface area contributed by atoms with Crippen molar-refractivity contribution in [2.75, 3.05) is 18.9 Å². The monoisotopic (exact) mass is 423 g/mol. The van der Waals surface area contributed by atoms with Crippen LogP contribution in [-0.4, -0.2) is 64.4 Å². The molecule has 0 aliphatic carbocycles. The van der Waals surface area contributed by atoms with Gasteiger partial charge in [-0.2, -0.15) is 8.42 Å². The SMILES string of the molecule is CCS(=O)(=O)OCC1CC(O[Si](C)(C)C(C)(C)C)CN1C(=O)OC(C)(C)C. The van der Waals surface area contributed by atoms with Crippen molar-refractivity contribution in [1.82, 2.24) is 4.90 Å². The van der Waals surface area contributed by atoms with Gasteiger partial charge in [0.2, 0.25) is 0 Å². The van der Waals surface area contributed by atoms with Gasteiger partial charge in [-0.25, -0.2) is 4.79 Å². The third kappa shape index (κ3) is 7.36. The molecule has 1 aliphatic heterocycles. The van der Waals surface area contributed by atoms with Gasteiger partial charge in [-0.15, -0.1) is 0 Å². The van der Waals surface area contributed by atoms with E-state index in [1.54, 1.807) is 25.7 Å². The Morgan fingerprint density at radius 3 is 2.15 bits per heavy atom. The minimum absolute atomic E-state index is 0.0455. The molecule has 0 aromatic carbocycles. The van der Waals surface area contributed by atoms with Crippen LogP contribution in [0.15, 0.2) is 0 Å². The molecule has 0 saturated carbocycles. The van der Waals surface area contributed by atoms with Crippen molar-refractivity contribution in [2.24, 2.45) is 0 Å². The van der Waals surface area contributed by atoms with Gasteiger partial charge in [0, 0.05) is 6.54 Å². The Hall–Kier alpha value is -0.643. The second-order valence-electron chi connectivity index (χ2n) is 9.65. The molecule has 0 aromatic rings. The largest absolute Gasteiger partial charge is 0.444 e. The Morgan fingerprint density at radius 1 is 1.15 bits per heavy atom. The summed E-state index contributed by atoms with van der Waals surface area (Å²) in [6.07, 6.45) is -0.0898. The number of ether oxygens (including phenoxy) is 1. The first-order chi connectivity index (χ1) is 12.0. The highest BCUT2D eigenvalue weighted by Gasteiger charge is 2.44.